The maximum Gasteiger partial charge on any atom is 0.324 e. The number of carbonyl (C=O) groups is 3. The number of hydrogen-bond acceptors (Lipinski definition) is 5. The van der Waals surface area contributed by atoms with E-state index in [1.54, 1.807) is 14.0 Å². The van der Waals surface area contributed by atoms with Crippen molar-refractivity contribution < 1.29 is 14.4 Å². The van der Waals surface area contributed by atoms with Crippen LogP contribution in [0.2, 0.25) is 0 Å². The molecule has 0 aliphatic heterocycles. The molecule has 0 rings (SSSR count). The van der Waals surface area contributed by atoms with E-state index in [2.05, 4.69) is 10.6 Å². The molecule has 0 aromatic heterocycles. The Balaban J connectivity index is 5.07. The Morgan fingerprint density at radius 1 is 1.08 bits per heavy atom. The average molecular weight is 371 g/mol. The summed E-state index contributed by atoms with van der Waals surface area (Å²) < 4.78 is 0. The number of amides is 3. The number of imide groups is 1. The van der Waals surface area contributed by atoms with Crippen LogP contribution in [0.1, 0.15) is 46.5 Å². The lowest BCUT2D eigenvalue weighted by Gasteiger charge is -2.28. The van der Waals surface area contributed by atoms with Crippen molar-refractivity contribution in [3.63, 3.8) is 0 Å². The van der Waals surface area contributed by atoms with Gasteiger partial charge in [-0.2, -0.15) is 0 Å². The van der Waals surface area contributed by atoms with Crippen molar-refractivity contribution in [2.45, 2.75) is 46.5 Å². The first-order valence-electron chi connectivity index (χ1n) is 9.64. The molecule has 0 aromatic carbocycles. The largest absolute Gasteiger partial charge is 0.336 e. The van der Waals surface area contributed by atoms with Gasteiger partial charge in [-0.1, -0.05) is 20.3 Å². The van der Waals surface area contributed by atoms with Crippen LogP contribution in [0.4, 0.5) is 4.79 Å². The second kappa shape index (κ2) is 13.7. The summed E-state index contributed by atoms with van der Waals surface area (Å²) in [5, 5.41) is 5.88. The molecule has 7 nitrogen and oxygen atoms in total. The zero-order valence-electron chi connectivity index (χ0n) is 17.4. The molecular weight excluding hydrogens is 332 g/mol. The minimum atomic E-state index is -0.334. The SMILES string of the molecule is CCCN(C(=O)NCCN(C)C)C(=O)C(CNC)CC(CC)CC(C)=O. The summed E-state index contributed by atoms with van der Waals surface area (Å²) >= 11 is 0. The van der Waals surface area contributed by atoms with Crippen molar-refractivity contribution in [1.82, 2.24) is 20.4 Å². The molecule has 0 heterocycles. The van der Waals surface area contributed by atoms with Gasteiger partial charge in [-0.25, -0.2) is 4.79 Å². The lowest BCUT2D eigenvalue weighted by atomic mass is 9.88. The number of nitrogens with zero attached hydrogens (tertiary/aromatic N) is 2. The third-order valence-corrected chi connectivity index (χ3v) is 4.36. The number of carbonyl (C=O) groups excluding carboxylic acids is 3. The molecule has 0 aliphatic rings. The number of rotatable bonds is 13. The molecular formula is C19H38N4O3. The predicted molar refractivity (Wildman–Crippen MR) is 105 cm³/mol. The molecule has 7 heteroatoms. The summed E-state index contributed by atoms with van der Waals surface area (Å²) in [7, 11) is 5.67. The van der Waals surface area contributed by atoms with Gasteiger partial charge in [0, 0.05) is 32.6 Å². The van der Waals surface area contributed by atoms with Crippen molar-refractivity contribution in [3.8, 4) is 0 Å². The molecule has 0 fully saturated rings. The quantitative estimate of drug-likeness (QED) is 0.516. The zero-order chi connectivity index (χ0) is 20.1. The van der Waals surface area contributed by atoms with E-state index in [4.69, 9.17) is 0 Å². The Morgan fingerprint density at radius 3 is 2.19 bits per heavy atom. The molecule has 26 heavy (non-hydrogen) atoms. The Kier molecular flexibility index (Phi) is 12.9. The standard InChI is InChI=1S/C19H38N4O3/c1-7-10-23(19(26)21-9-11-22(5)6)18(25)17(14-20-4)13-16(8-2)12-15(3)24/h16-17,20H,7-14H2,1-6H3,(H,21,26). The zero-order valence-corrected chi connectivity index (χ0v) is 17.4. The van der Waals surface area contributed by atoms with Crippen LogP contribution >= 0.6 is 0 Å². The highest BCUT2D eigenvalue weighted by Crippen LogP contribution is 2.21. The highest BCUT2D eigenvalue weighted by atomic mass is 16.2. The van der Waals surface area contributed by atoms with E-state index in [1.807, 2.05) is 32.8 Å². The van der Waals surface area contributed by atoms with Crippen LogP contribution in [-0.4, -0.2) is 74.8 Å². The highest BCUT2D eigenvalue weighted by Gasteiger charge is 2.29. The van der Waals surface area contributed by atoms with E-state index in [0.29, 0.717) is 38.9 Å². The fraction of sp³-hybridized carbons (Fsp3) is 0.842. The van der Waals surface area contributed by atoms with Crippen LogP contribution < -0.4 is 10.6 Å². The third-order valence-electron chi connectivity index (χ3n) is 4.36. The summed E-state index contributed by atoms with van der Waals surface area (Å²) in [6.07, 6.45) is 2.65. The van der Waals surface area contributed by atoms with Gasteiger partial charge in [0.25, 0.3) is 0 Å². The van der Waals surface area contributed by atoms with Crippen molar-refractivity contribution >= 4 is 17.7 Å². The van der Waals surface area contributed by atoms with Gasteiger partial charge in [0.05, 0.1) is 5.92 Å². The van der Waals surface area contributed by atoms with Crippen molar-refractivity contribution in [2.75, 3.05) is 47.3 Å². The maximum absolute atomic E-state index is 13.0. The lowest BCUT2D eigenvalue weighted by molar-refractivity contribution is -0.133. The van der Waals surface area contributed by atoms with E-state index in [-0.39, 0.29) is 29.6 Å². The second-order valence-corrected chi connectivity index (χ2v) is 7.20. The van der Waals surface area contributed by atoms with Crippen molar-refractivity contribution in [2.24, 2.45) is 11.8 Å². The molecule has 0 aromatic rings. The number of urea groups is 1. The molecule has 0 saturated carbocycles. The smallest absolute Gasteiger partial charge is 0.324 e. The third kappa shape index (κ3) is 9.87. The lowest BCUT2D eigenvalue weighted by Crippen LogP contribution is -2.49. The molecule has 0 saturated heterocycles. The van der Waals surface area contributed by atoms with Gasteiger partial charge in [0.1, 0.15) is 5.78 Å². The molecule has 2 unspecified atom stereocenters. The number of hydrogen-bond donors (Lipinski definition) is 2. The summed E-state index contributed by atoms with van der Waals surface area (Å²) in [5.74, 6) is -0.171. The summed E-state index contributed by atoms with van der Waals surface area (Å²) in [6.45, 7) is 7.68. The molecule has 2 atom stereocenters. The molecule has 0 radical (unpaired) electrons. The average Bonchev–Trinajstić information content (AvgIpc) is 2.56. The summed E-state index contributed by atoms with van der Waals surface area (Å²) in [5.41, 5.74) is 0. The maximum atomic E-state index is 13.0. The number of nitrogens with one attached hydrogen (secondary N) is 2. The minimum absolute atomic E-state index is 0.138. The van der Waals surface area contributed by atoms with Crippen LogP contribution in [0, 0.1) is 11.8 Å². The first-order chi connectivity index (χ1) is 12.3. The van der Waals surface area contributed by atoms with E-state index in [9.17, 15) is 14.4 Å². The van der Waals surface area contributed by atoms with E-state index in [0.717, 1.165) is 13.0 Å². The first kappa shape index (κ1) is 24.5. The predicted octanol–water partition coefficient (Wildman–Crippen LogP) is 1.73. The molecule has 0 bridgehead atoms. The molecule has 152 valence electrons. The summed E-state index contributed by atoms with van der Waals surface area (Å²) in [4.78, 5) is 40.3. The van der Waals surface area contributed by atoms with Crippen LogP contribution in [0.15, 0.2) is 0 Å². The van der Waals surface area contributed by atoms with Crippen LogP contribution in [0.5, 0.6) is 0 Å². The monoisotopic (exact) mass is 370 g/mol. The number of likely N-dealkylation sites (N-methyl/N-ethyl adjacent to an activating group) is 1. The molecule has 0 aliphatic carbocycles. The van der Waals surface area contributed by atoms with Gasteiger partial charge in [-0.15, -0.1) is 0 Å². The first-order valence-corrected chi connectivity index (χ1v) is 9.64. The van der Waals surface area contributed by atoms with Gasteiger partial charge >= 0.3 is 6.03 Å². The van der Waals surface area contributed by atoms with E-state index < -0.39 is 0 Å². The van der Waals surface area contributed by atoms with Gasteiger partial charge in [0.2, 0.25) is 5.91 Å². The highest BCUT2D eigenvalue weighted by molar-refractivity contribution is 5.95. The van der Waals surface area contributed by atoms with E-state index in [1.165, 1.54) is 4.90 Å². The molecule has 3 amide bonds. The van der Waals surface area contributed by atoms with Gasteiger partial charge in [-0.3, -0.25) is 9.69 Å². The van der Waals surface area contributed by atoms with Crippen LogP contribution in [0.3, 0.4) is 0 Å². The Morgan fingerprint density at radius 2 is 1.73 bits per heavy atom. The van der Waals surface area contributed by atoms with Gasteiger partial charge in [-0.05, 0) is 46.8 Å². The number of Topliss-reactive ketones (excluding diaryl/α,β-unsaturated/α-hetero) is 1. The normalized spacial score (nSPS) is 13.3. The Hall–Kier alpha value is -1.47. The Bertz CT molecular complexity index is 441. The second-order valence-electron chi connectivity index (χ2n) is 7.20. The summed E-state index contributed by atoms with van der Waals surface area (Å²) in [6, 6.07) is -0.334. The van der Waals surface area contributed by atoms with E-state index >= 15 is 0 Å². The fourth-order valence-electron chi connectivity index (χ4n) is 2.96. The van der Waals surface area contributed by atoms with Gasteiger partial charge in [0.15, 0.2) is 0 Å². The van der Waals surface area contributed by atoms with Gasteiger partial charge < -0.3 is 20.3 Å². The minimum Gasteiger partial charge on any atom is -0.336 e. The molecule has 2 N–H and O–H groups in total. The van der Waals surface area contributed by atoms with Crippen molar-refractivity contribution in [1.29, 1.82) is 0 Å². The topological polar surface area (TPSA) is 81.8 Å². The van der Waals surface area contributed by atoms with Crippen molar-refractivity contribution in [3.05, 3.63) is 0 Å². The van der Waals surface area contributed by atoms with Crippen LogP contribution in [0.25, 0.3) is 0 Å². The fourth-order valence-corrected chi connectivity index (χ4v) is 2.96. The Labute approximate surface area is 158 Å². The molecule has 0 spiro atoms. The number of ketones is 1. The van der Waals surface area contributed by atoms with Crippen LogP contribution in [-0.2, 0) is 9.59 Å².